The number of sulfonamides is 1. The van der Waals surface area contributed by atoms with Crippen LogP contribution in [0.1, 0.15) is 61.9 Å². The van der Waals surface area contributed by atoms with E-state index >= 15 is 0 Å². The van der Waals surface area contributed by atoms with Gasteiger partial charge in [0.2, 0.25) is 10.0 Å². The van der Waals surface area contributed by atoms with Gasteiger partial charge in [0, 0.05) is 41.2 Å². The molecule has 1 aromatic carbocycles. The van der Waals surface area contributed by atoms with Crippen molar-refractivity contribution in [3.63, 3.8) is 0 Å². The van der Waals surface area contributed by atoms with Gasteiger partial charge in [-0.25, -0.2) is 17.5 Å². The summed E-state index contributed by atoms with van der Waals surface area (Å²) in [5.41, 5.74) is 7.44. The van der Waals surface area contributed by atoms with E-state index in [4.69, 9.17) is 5.73 Å². The summed E-state index contributed by atoms with van der Waals surface area (Å²) in [6, 6.07) is 3.40. The van der Waals surface area contributed by atoms with Crippen LogP contribution in [0.3, 0.4) is 0 Å². The highest BCUT2D eigenvalue weighted by Gasteiger charge is 2.31. The molecule has 0 unspecified atom stereocenters. The first kappa shape index (κ1) is 17.8. The molecule has 1 heterocycles. The van der Waals surface area contributed by atoms with Crippen LogP contribution < -0.4 is 10.5 Å². The second-order valence-electron chi connectivity index (χ2n) is 8.06. The summed E-state index contributed by atoms with van der Waals surface area (Å²) in [5.74, 6) is 0.420. The van der Waals surface area contributed by atoms with Gasteiger partial charge in [-0.15, -0.1) is 0 Å². The lowest BCUT2D eigenvalue weighted by molar-refractivity contribution is 0.221. The van der Waals surface area contributed by atoms with Crippen molar-refractivity contribution in [2.45, 2.75) is 62.1 Å². The van der Waals surface area contributed by atoms with Crippen LogP contribution in [0.5, 0.6) is 0 Å². The maximum absolute atomic E-state index is 13.9. The highest BCUT2D eigenvalue weighted by atomic mass is 32.2. The Bertz CT molecular complexity index is 978. The Morgan fingerprint density at radius 2 is 2.00 bits per heavy atom. The molecule has 140 valence electrons. The zero-order valence-electron chi connectivity index (χ0n) is 15.0. The van der Waals surface area contributed by atoms with Crippen LogP contribution in [0.4, 0.5) is 4.39 Å². The third kappa shape index (κ3) is 3.23. The van der Waals surface area contributed by atoms with Crippen LogP contribution in [-0.4, -0.2) is 25.6 Å². The molecule has 5 nitrogen and oxygen atoms in total. The Morgan fingerprint density at radius 3 is 2.65 bits per heavy atom. The summed E-state index contributed by atoms with van der Waals surface area (Å²) in [6.45, 7) is 2.42. The van der Waals surface area contributed by atoms with Crippen molar-refractivity contribution in [3.05, 3.63) is 35.2 Å². The Labute approximate surface area is 153 Å². The number of halogens is 1. The molecule has 1 fully saturated rings. The Balaban J connectivity index is 1.89. The van der Waals surface area contributed by atoms with Crippen LogP contribution in [0.25, 0.3) is 10.8 Å². The van der Waals surface area contributed by atoms with E-state index in [1.165, 1.54) is 13.8 Å². The number of fused-ring (bicyclic) bond motifs is 3. The van der Waals surface area contributed by atoms with Crippen molar-refractivity contribution < 1.29 is 12.8 Å². The average molecular weight is 377 g/mol. The molecule has 1 aromatic heterocycles. The maximum Gasteiger partial charge on any atom is 0.241 e. The average Bonchev–Trinajstić information content (AvgIpc) is 3.35. The SMILES string of the molecule is CC(C)(F)CNS(=O)(=O)c1cc2c(c3cnc(C4CC4)cc13)CC[C@@H]2N. The number of pyridine rings is 1. The number of nitrogens with zero attached hydrogens (tertiary/aromatic N) is 1. The molecule has 0 saturated heterocycles. The molecule has 26 heavy (non-hydrogen) atoms. The van der Waals surface area contributed by atoms with E-state index in [2.05, 4.69) is 9.71 Å². The van der Waals surface area contributed by atoms with Gasteiger partial charge in [0.25, 0.3) is 0 Å². The van der Waals surface area contributed by atoms with Crippen molar-refractivity contribution >= 4 is 20.8 Å². The van der Waals surface area contributed by atoms with Crippen molar-refractivity contribution in [1.29, 1.82) is 0 Å². The van der Waals surface area contributed by atoms with Gasteiger partial charge in [0.1, 0.15) is 5.67 Å². The van der Waals surface area contributed by atoms with Crippen LogP contribution in [0.2, 0.25) is 0 Å². The lowest BCUT2D eigenvalue weighted by atomic mass is 10.0. The van der Waals surface area contributed by atoms with Crippen molar-refractivity contribution in [3.8, 4) is 0 Å². The highest BCUT2D eigenvalue weighted by Crippen LogP contribution is 2.43. The summed E-state index contributed by atoms with van der Waals surface area (Å²) in [6.07, 6.45) is 5.58. The smallest absolute Gasteiger partial charge is 0.241 e. The van der Waals surface area contributed by atoms with Gasteiger partial charge < -0.3 is 5.73 Å². The van der Waals surface area contributed by atoms with E-state index in [1.807, 2.05) is 6.07 Å². The first-order valence-electron chi connectivity index (χ1n) is 9.05. The second-order valence-corrected chi connectivity index (χ2v) is 9.80. The molecular weight excluding hydrogens is 353 g/mol. The molecule has 7 heteroatoms. The van der Waals surface area contributed by atoms with E-state index in [1.54, 1.807) is 12.3 Å². The zero-order chi connectivity index (χ0) is 18.7. The fraction of sp³-hybridized carbons (Fsp3) is 0.526. The normalized spacial score (nSPS) is 20.5. The molecule has 0 aliphatic heterocycles. The number of benzene rings is 1. The van der Waals surface area contributed by atoms with Crippen LogP contribution in [0, 0.1) is 0 Å². The molecule has 1 saturated carbocycles. The van der Waals surface area contributed by atoms with Crippen molar-refractivity contribution in [2.24, 2.45) is 5.73 Å². The molecular formula is C19H24FN3O2S. The lowest BCUT2D eigenvalue weighted by Crippen LogP contribution is -2.35. The number of aromatic nitrogens is 1. The monoisotopic (exact) mass is 377 g/mol. The summed E-state index contributed by atoms with van der Waals surface area (Å²) >= 11 is 0. The van der Waals surface area contributed by atoms with Crippen molar-refractivity contribution in [1.82, 2.24) is 9.71 Å². The number of nitrogens with two attached hydrogens (primary N) is 1. The molecule has 4 rings (SSSR count). The summed E-state index contributed by atoms with van der Waals surface area (Å²) in [5, 5.41) is 1.51. The van der Waals surface area contributed by atoms with Crippen LogP contribution in [0.15, 0.2) is 23.2 Å². The van der Waals surface area contributed by atoms with Gasteiger partial charge in [-0.3, -0.25) is 4.98 Å². The zero-order valence-corrected chi connectivity index (χ0v) is 15.9. The minimum absolute atomic E-state index is 0.177. The molecule has 0 radical (unpaired) electrons. The third-order valence-corrected chi connectivity index (χ3v) is 6.66. The summed E-state index contributed by atoms with van der Waals surface area (Å²) < 4.78 is 42.2. The topological polar surface area (TPSA) is 85.1 Å². The maximum atomic E-state index is 13.9. The Morgan fingerprint density at radius 1 is 1.27 bits per heavy atom. The van der Waals surface area contributed by atoms with E-state index < -0.39 is 15.7 Å². The van der Waals surface area contributed by atoms with Gasteiger partial charge >= 0.3 is 0 Å². The highest BCUT2D eigenvalue weighted by molar-refractivity contribution is 7.89. The number of aryl methyl sites for hydroxylation is 1. The lowest BCUT2D eigenvalue weighted by Gasteiger charge is -2.18. The number of hydrogen-bond acceptors (Lipinski definition) is 4. The summed E-state index contributed by atoms with van der Waals surface area (Å²) in [7, 11) is -3.86. The Kier molecular flexibility index (Phi) is 4.09. The number of rotatable bonds is 5. The molecule has 0 bridgehead atoms. The predicted molar refractivity (Wildman–Crippen MR) is 99.3 cm³/mol. The minimum Gasteiger partial charge on any atom is -0.324 e. The van der Waals surface area contributed by atoms with E-state index in [0.29, 0.717) is 11.3 Å². The Hall–Kier alpha value is -1.57. The molecule has 0 spiro atoms. The molecule has 3 N–H and O–H groups in total. The number of hydrogen-bond donors (Lipinski definition) is 2. The molecule has 2 aliphatic carbocycles. The van der Waals surface area contributed by atoms with E-state index in [0.717, 1.165) is 47.9 Å². The molecule has 0 amide bonds. The van der Waals surface area contributed by atoms with Crippen molar-refractivity contribution in [2.75, 3.05) is 6.54 Å². The van der Waals surface area contributed by atoms with Gasteiger partial charge in [0.15, 0.2) is 0 Å². The fourth-order valence-corrected chi connectivity index (χ4v) is 5.04. The summed E-state index contributed by atoms with van der Waals surface area (Å²) in [4.78, 5) is 4.74. The first-order valence-corrected chi connectivity index (χ1v) is 10.5. The standard InChI is InChI=1S/C19H24FN3O2S/c1-19(2,20)10-23-26(24,25)18-8-13-12(5-6-16(13)21)15-9-22-17(7-14(15)18)11-3-4-11/h7-9,11,16,23H,3-6,10,21H2,1-2H3/t16-/m0/s1. The fourth-order valence-electron chi connectivity index (χ4n) is 3.61. The van der Waals surface area contributed by atoms with Gasteiger partial charge in [-0.1, -0.05) is 0 Å². The van der Waals surface area contributed by atoms with E-state index in [-0.39, 0.29) is 17.5 Å². The van der Waals surface area contributed by atoms with Crippen LogP contribution in [-0.2, 0) is 16.4 Å². The third-order valence-electron chi connectivity index (χ3n) is 5.22. The van der Waals surface area contributed by atoms with Crippen LogP contribution >= 0.6 is 0 Å². The largest absolute Gasteiger partial charge is 0.324 e. The minimum atomic E-state index is -3.86. The quantitative estimate of drug-likeness (QED) is 0.838. The van der Waals surface area contributed by atoms with Gasteiger partial charge in [-0.2, -0.15) is 0 Å². The van der Waals surface area contributed by atoms with Gasteiger partial charge in [0.05, 0.1) is 4.90 Å². The van der Waals surface area contributed by atoms with E-state index in [9.17, 15) is 12.8 Å². The number of nitrogens with one attached hydrogen (secondary N) is 1. The molecule has 1 atom stereocenters. The first-order chi connectivity index (χ1) is 12.2. The van der Waals surface area contributed by atoms with Gasteiger partial charge in [-0.05, 0) is 62.8 Å². The second kappa shape index (κ2) is 5.97. The molecule has 2 aromatic rings. The predicted octanol–water partition coefficient (Wildman–Crippen LogP) is 3.08. The molecule has 2 aliphatic rings. The number of alkyl halides is 1.